The van der Waals surface area contributed by atoms with E-state index in [0.717, 1.165) is 5.56 Å². The van der Waals surface area contributed by atoms with E-state index in [-0.39, 0.29) is 29.4 Å². The smallest absolute Gasteiger partial charge is 0.255 e. The number of hydrogen-bond donors (Lipinski definition) is 2. The molecule has 1 aliphatic heterocycles. The molecule has 2 N–H and O–H groups in total. The van der Waals surface area contributed by atoms with Gasteiger partial charge in [-0.2, -0.15) is 4.31 Å². The van der Waals surface area contributed by atoms with Gasteiger partial charge >= 0.3 is 0 Å². The van der Waals surface area contributed by atoms with Crippen molar-refractivity contribution in [1.29, 1.82) is 0 Å². The van der Waals surface area contributed by atoms with Crippen LogP contribution in [0.25, 0.3) is 22.4 Å². The molecule has 5 rings (SSSR count). The summed E-state index contributed by atoms with van der Waals surface area (Å²) in [7, 11) is -3.73. The van der Waals surface area contributed by atoms with Gasteiger partial charge in [-0.25, -0.2) is 17.8 Å². The van der Waals surface area contributed by atoms with Crippen molar-refractivity contribution in [3.05, 3.63) is 77.6 Å². The molecule has 0 atom stereocenters. The molecule has 3 aromatic carbocycles. The summed E-state index contributed by atoms with van der Waals surface area (Å²) in [6, 6.07) is 15.8. The second kappa shape index (κ2) is 9.21. The van der Waals surface area contributed by atoms with Crippen LogP contribution in [-0.4, -0.2) is 54.9 Å². The van der Waals surface area contributed by atoms with Gasteiger partial charge in [0.05, 0.1) is 29.1 Å². The van der Waals surface area contributed by atoms with E-state index in [2.05, 4.69) is 15.3 Å². The Morgan fingerprint density at radius 1 is 1.06 bits per heavy atom. The first-order valence-electron chi connectivity index (χ1n) is 11.1. The Labute approximate surface area is 201 Å². The highest BCUT2D eigenvalue weighted by molar-refractivity contribution is 7.89. The van der Waals surface area contributed by atoms with Crippen LogP contribution >= 0.6 is 0 Å². The Hall–Kier alpha value is -3.60. The van der Waals surface area contributed by atoms with Crippen LogP contribution in [0.4, 0.5) is 10.1 Å². The average Bonchev–Trinajstić information content (AvgIpc) is 3.28. The van der Waals surface area contributed by atoms with Gasteiger partial charge in [-0.1, -0.05) is 6.07 Å². The van der Waals surface area contributed by atoms with Crippen molar-refractivity contribution < 1.29 is 22.3 Å². The van der Waals surface area contributed by atoms with E-state index in [0.29, 0.717) is 41.3 Å². The lowest BCUT2D eigenvalue weighted by molar-refractivity contribution is 0.0730. The zero-order chi connectivity index (χ0) is 24.6. The van der Waals surface area contributed by atoms with Crippen LogP contribution in [0.1, 0.15) is 15.9 Å². The number of morpholine rings is 1. The fraction of sp³-hybridized carbons (Fsp3) is 0.200. The summed E-state index contributed by atoms with van der Waals surface area (Å²) in [4.78, 5) is 20.9. The molecular formula is C25H23FN4O4S. The number of rotatable bonds is 5. The molecule has 10 heteroatoms. The van der Waals surface area contributed by atoms with Gasteiger partial charge in [0.15, 0.2) is 0 Å². The monoisotopic (exact) mass is 494 g/mol. The minimum absolute atomic E-state index is 0.0723. The van der Waals surface area contributed by atoms with E-state index in [1.165, 1.54) is 28.6 Å². The lowest BCUT2D eigenvalue weighted by Crippen LogP contribution is -2.40. The number of sulfonamides is 1. The quantitative estimate of drug-likeness (QED) is 0.437. The van der Waals surface area contributed by atoms with Crippen LogP contribution in [0.15, 0.2) is 65.6 Å². The van der Waals surface area contributed by atoms with Gasteiger partial charge in [0.1, 0.15) is 11.6 Å². The van der Waals surface area contributed by atoms with E-state index < -0.39 is 15.9 Å². The first-order chi connectivity index (χ1) is 16.8. The standard InChI is InChI=1S/C25H23FN4O4S/c1-16-2-8-20(35(32,33)30-10-12-34-13-11-30)15-21(16)25(31)27-19-7-9-22-23(14-19)29-24(28-22)17-3-5-18(26)6-4-17/h2-9,14-15H,10-13H2,1H3,(H,27,31)(H,28,29). The number of carbonyl (C=O) groups is 1. The van der Waals surface area contributed by atoms with Crippen LogP contribution in [-0.2, 0) is 14.8 Å². The Bertz CT molecular complexity index is 1510. The molecule has 35 heavy (non-hydrogen) atoms. The normalized spacial score (nSPS) is 14.8. The predicted octanol–water partition coefficient (Wildman–Crippen LogP) is 3.95. The molecule has 0 unspecified atom stereocenters. The van der Waals surface area contributed by atoms with E-state index in [1.807, 2.05) is 0 Å². The SMILES string of the molecule is Cc1ccc(S(=O)(=O)N2CCOCC2)cc1C(=O)Nc1ccc2nc(-c3ccc(F)cc3)[nH]c2c1. The lowest BCUT2D eigenvalue weighted by atomic mass is 10.1. The topological polar surface area (TPSA) is 104 Å². The molecule has 4 aromatic rings. The Morgan fingerprint density at radius 2 is 1.80 bits per heavy atom. The summed E-state index contributed by atoms with van der Waals surface area (Å²) in [6.07, 6.45) is 0. The lowest BCUT2D eigenvalue weighted by Gasteiger charge is -2.26. The number of H-pyrrole nitrogens is 1. The molecule has 8 nitrogen and oxygen atoms in total. The third-order valence-electron chi connectivity index (χ3n) is 5.92. The number of nitrogens with zero attached hydrogens (tertiary/aromatic N) is 2. The molecule has 1 aliphatic rings. The Kier molecular flexibility index (Phi) is 6.10. The van der Waals surface area contributed by atoms with Gasteiger partial charge in [-0.3, -0.25) is 4.79 Å². The first-order valence-corrected chi connectivity index (χ1v) is 12.5. The van der Waals surface area contributed by atoms with Gasteiger partial charge < -0.3 is 15.0 Å². The maximum Gasteiger partial charge on any atom is 0.255 e. The number of ether oxygens (including phenoxy) is 1. The second-order valence-corrected chi connectivity index (χ2v) is 10.2. The van der Waals surface area contributed by atoms with Crippen molar-refractivity contribution in [1.82, 2.24) is 14.3 Å². The van der Waals surface area contributed by atoms with Crippen molar-refractivity contribution in [2.45, 2.75) is 11.8 Å². The molecule has 0 aliphatic carbocycles. The molecule has 0 spiro atoms. The molecule has 2 heterocycles. The number of benzene rings is 3. The van der Waals surface area contributed by atoms with Crippen molar-refractivity contribution >= 4 is 32.7 Å². The third-order valence-corrected chi connectivity index (χ3v) is 7.81. The van der Waals surface area contributed by atoms with Crippen LogP contribution in [0.2, 0.25) is 0 Å². The highest BCUT2D eigenvalue weighted by Crippen LogP contribution is 2.25. The number of aromatic nitrogens is 2. The second-order valence-electron chi connectivity index (χ2n) is 8.27. The van der Waals surface area contributed by atoms with E-state index >= 15 is 0 Å². The number of aromatic amines is 1. The Balaban J connectivity index is 1.39. The van der Waals surface area contributed by atoms with Crippen molar-refractivity contribution in [2.24, 2.45) is 0 Å². The predicted molar refractivity (Wildman–Crippen MR) is 130 cm³/mol. The number of imidazole rings is 1. The number of aryl methyl sites for hydroxylation is 1. The summed E-state index contributed by atoms with van der Waals surface area (Å²) < 4.78 is 45.9. The zero-order valence-electron chi connectivity index (χ0n) is 18.9. The van der Waals surface area contributed by atoms with E-state index in [4.69, 9.17) is 4.74 Å². The zero-order valence-corrected chi connectivity index (χ0v) is 19.7. The van der Waals surface area contributed by atoms with Gasteiger partial charge in [0.25, 0.3) is 5.91 Å². The number of fused-ring (bicyclic) bond motifs is 1. The van der Waals surface area contributed by atoms with Crippen molar-refractivity contribution in [3.8, 4) is 11.4 Å². The van der Waals surface area contributed by atoms with Crippen molar-refractivity contribution in [2.75, 3.05) is 31.6 Å². The summed E-state index contributed by atoms with van der Waals surface area (Å²) in [5.41, 5.74) is 3.58. The van der Waals surface area contributed by atoms with Gasteiger partial charge in [0, 0.05) is 29.9 Å². The number of amides is 1. The number of hydrogen-bond acceptors (Lipinski definition) is 5. The summed E-state index contributed by atoms with van der Waals surface area (Å²) in [5.74, 6) is -0.161. The largest absolute Gasteiger partial charge is 0.379 e. The Morgan fingerprint density at radius 3 is 2.54 bits per heavy atom. The summed E-state index contributed by atoms with van der Waals surface area (Å²) >= 11 is 0. The first kappa shape index (κ1) is 23.2. The highest BCUT2D eigenvalue weighted by atomic mass is 32.2. The van der Waals surface area contributed by atoms with Crippen molar-refractivity contribution in [3.63, 3.8) is 0 Å². The number of anilines is 1. The van der Waals surface area contributed by atoms with Crippen LogP contribution < -0.4 is 5.32 Å². The molecule has 0 bridgehead atoms. The van der Waals surface area contributed by atoms with Crippen LogP contribution in [0, 0.1) is 12.7 Å². The van der Waals surface area contributed by atoms with Gasteiger partial charge in [-0.05, 0) is 67.1 Å². The fourth-order valence-corrected chi connectivity index (χ4v) is 5.41. The molecule has 1 fully saturated rings. The molecule has 180 valence electrons. The number of carbonyl (C=O) groups excluding carboxylic acids is 1. The van der Waals surface area contributed by atoms with Gasteiger partial charge in [0.2, 0.25) is 10.0 Å². The average molecular weight is 495 g/mol. The molecule has 1 aromatic heterocycles. The molecule has 1 amide bonds. The summed E-state index contributed by atoms with van der Waals surface area (Å²) in [6.45, 7) is 3.01. The van der Waals surface area contributed by atoms with Gasteiger partial charge in [-0.15, -0.1) is 0 Å². The summed E-state index contributed by atoms with van der Waals surface area (Å²) in [5, 5.41) is 2.84. The van der Waals surface area contributed by atoms with E-state index in [1.54, 1.807) is 43.3 Å². The van der Waals surface area contributed by atoms with Crippen LogP contribution in [0.3, 0.4) is 0 Å². The maximum atomic E-state index is 13.2. The third kappa shape index (κ3) is 4.68. The molecular weight excluding hydrogens is 471 g/mol. The number of nitrogens with one attached hydrogen (secondary N) is 2. The number of halogens is 1. The molecule has 0 saturated carbocycles. The highest BCUT2D eigenvalue weighted by Gasteiger charge is 2.27. The van der Waals surface area contributed by atoms with Crippen LogP contribution in [0.5, 0.6) is 0 Å². The molecule has 1 saturated heterocycles. The fourth-order valence-electron chi connectivity index (χ4n) is 3.97. The minimum atomic E-state index is -3.73. The minimum Gasteiger partial charge on any atom is -0.379 e. The van der Waals surface area contributed by atoms with E-state index in [9.17, 15) is 17.6 Å². The molecule has 0 radical (unpaired) electrons. The maximum absolute atomic E-state index is 13.2.